The zero-order valence-electron chi connectivity index (χ0n) is 10.5. The third-order valence-corrected chi connectivity index (χ3v) is 3.10. The van der Waals surface area contributed by atoms with Gasteiger partial charge in [-0.25, -0.2) is 0 Å². The lowest BCUT2D eigenvalue weighted by Gasteiger charge is -2.26. The maximum atomic E-state index is 4.65. The molecule has 1 rings (SSSR count). The van der Waals surface area contributed by atoms with Crippen molar-refractivity contribution in [3.05, 3.63) is 35.7 Å². The molecule has 0 saturated carbocycles. The standard InChI is InChI=1S/C13H19N2.Al/c1-10(2)14-12-8-6-5-7-9-13(12)15-11(3)4;/h5-11H,1-4H3;/q-1;+1. The molecule has 0 aliphatic carbocycles. The Kier molecular flexibility index (Phi) is 5.05. The van der Waals surface area contributed by atoms with E-state index in [1.807, 2.05) is 18.2 Å². The molecule has 0 spiro atoms. The van der Waals surface area contributed by atoms with Crippen LogP contribution in [0.4, 0.5) is 5.69 Å². The van der Waals surface area contributed by atoms with E-state index in [0.717, 1.165) is 11.0 Å². The van der Waals surface area contributed by atoms with Crippen LogP contribution in [0.3, 0.4) is 0 Å². The number of hydrogen-bond acceptors (Lipinski definition) is 2. The summed E-state index contributed by atoms with van der Waals surface area (Å²) in [4.78, 5) is 4.65. The molecule has 84 valence electrons. The Morgan fingerprint density at radius 1 is 1.06 bits per heavy atom. The molecule has 0 N–H and O–H groups in total. The van der Waals surface area contributed by atoms with Gasteiger partial charge in [-0.3, -0.25) is 4.99 Å². The quantitative estimate of drug-likeness (QED) is 0.727. The molecule has 1 aromatic rings. The van der Waals surface area contributed by atoms with E-state index in [1.165, 1.54) is 0 Å². The number of anilines is 1. The van der Waals surface area contributed by atoms with Crippen LogP contribution in [-0.2, 0) is 0 Å². The molecule has 16 heavy (non-hydrogen) atoms. The Hall–Kier alpha value is -0.778. The largest absolute Gasteiger partial charge is 0.476 e. The van der Waals surface area contributed by atoms with Gasteiger partial charge in [0.1, 0.15) is 0 Å². The van der Waals surface area contributed by atoms with E-state index in [0.29, 0.717) is 12.1 Å². The highest BCUT2D eigenvalue weighted by Gasteiger charge is 2.04. The second kappa shape index (κ2) is 6.08. The fourth-order valence-electron chi connectivity index (χ4n) is 1.41. The van der Waals surface area contributed by atoms with Crippen molar-refractivity contribution in [2.45, 2.75) is 39.8 Å². The van der Waals surface area contributed by atoms with E-state index < -0.39 is 0 Å². The molecule has 3 heteroatoms. The third kappa shape index (κ3) is 3.66. The number of rotatable bonds is 3. The van der Waals surface area contributed by atoms with E-state index in [-0.39, 0.29) is 0 Å². The van der Waals surface area contributed by atoms with E-state index in [4.69, 9.17) is 0 Å². The minimum Gasteiger partial charge on any atom is -0.476 e. The van der Waals surface area contributed by atoms with Gasteiger partial charge in [-0.2, -0.15) is 0 Å². The van der Waals surface area contributed by atoms with Crippen molar-refractivity contribution in [1.82, 2.24) is 0 Å². The van der Waals surface area contributed by atoms with Gasteiger partial charge in [-0.1, -0.05) is 18.2 Å². The van der Waals surface area contributed by atoms with Crippen molar-refractivity contribution in [3.8, 4) is 0 Å². The molecule has 0 aliphatic rings. The van der Waals surface area contributed by atoms with Crippen molar-refractivity contribution in [3.63, 3.8) is 0 Å². The van der Waals surface area contributed by atoms with Crippen LogP contribution < -0.4 is 9.24 Å². The van der Waals surface area contributed by atoms with Gasteiger partial charge in [0.15, 0.2) is 0 Å². The Morgan fingerprint density at radius 3 is 2.25 bits per heavy atom. The maximum absolute atomic E-state index is 4.65. The lowest BCUT2D eigenvalue weighted by atomic mass is 10.3. The second-order valence-corrected chi connectivity index (χ2v) is 4.96. The minimum atomic E-state index is 0.312. The van der Waals surface area contributed by atoms with E-state index in [1.54, 1.807) is 0 Å². The third-order valence-electron chi connectivity index (χ3n) is 2.22. The molecule has 0 aromatic heterocycles. The first kappa shape index (κ1) is 13.3. The summed E-state index contributed by atoms with van der Waals surface area (Å²) >= 11 is 2.77. The summed E-state index contributed by atoms with van der Waals surface area (Å²) in [5.41, 5.74) is 1.15. The summed E-state index contributed by atoms with van der Waals surface area (Å²) < 4.78 is 2.17. The molecular formula is C13H19AlN2. The monoisotopic (exact) mass is 230 g/mol. The van der Waals surface area contributed by atoms with Crippen molar-refractivity contribution in [1.29, 1.82) is 0 Å². The topological polar surface area (TPSA) is 15.6 Å². The van der Waals surface area contributed by atoms with Crippen LogP contribution in [0, 0.1) is 0 Å². The van der Waals surface area contributed by atoms with Gasteiger partial charge < -0.3 is 3.88 Å². The summed E-state index contributed by atoms with van der Waals surface area (Å²) in [7, 11) is 0. The van der Waals surface area contributed by atoms with Gasteiger partial charge in [0.25, 0.3) is 0 Å². The minimum absolute atomic E-state index is 0.312. The highest BCUT2D eigenvalue weighted by Crippen LogP contribution is 2.07. The average Bonchev–Trinajstić information content (AvgIpc) is 2.41. The average molecular weight is 230 g/mol. The molecule has 0 fully saturated rings. The Bertz CT molecular complexity index is 399. The summed E-state index contributed by atoms with van der Waals surface area (Å²) in [6.07, 6.45) is 0. The van der Waals surface area contributed by atoms with Crippen molar-refractivity contribution in [2.24, 2.45) is 4.99 Å². The van der Waals surface area contributed by atoms with Crippen LogP contribution in [-0.4, -0.2) is 28.6 Å². The van der Waals surface area contributed by atoms with Crippen LogP contribution in [0.15, 0.2) is 35.3 Å². The molecule has 2 nitrogen and oxygen atoms in total. The molecular weight excluding hydrogens is 211 g/mol. The molecule has 0 heterocycles. The van der Waals surface area contributed by atoms with Crippen LogP contribution in [0.25, 0.3) is 0 Å². The Morgan fingerprint density at radius 2 is 1.69 bits per heavy atom. The van der Waals surface area contributed by atoms with E-state index >= 15 is 0 Å². The van der Waals surface area contributed by atoms with Crippen molar-refractivity contribution < 1.29 is 0 Å². The maximum Gasteiger partial charge on any atom is 0.310 e. The van der Waals surface area contributed by atoms with Gasteiger partial charge in [0, 0.05) is 11.7 Å². The zero-order chi connectivity index (χ0) is 12.1. The fourth-order valence-corrected chi connectivity index (χ4v) is 1.63. The molecule has 0 bridgehead atoms. The molecule has 1 aromatic carbocycles. The first-order chi connectivity index (χ1) is 7.52. The molecule has 0 aliphatic heterocycles. The van der Waals surface area contributed by atoms with E-state index in [9.17, 15) is 0 Å². The smallest absolute Gasteiger partial charge is 0.310 e. The predicted molar refractivity (Wildman–Crippen MR) is 70.5 cm³/mol. The van der Waals surface area contributed by atoms with Gasteiger partial charge >= 0.3 is 16.5 Å². The van der Waals surface area contributed by atoms with Crippen LogP contribution in [0.2, 0.25) is 0 Å². The van der Waals surface area contributed by atoms with E-state index in [2.05, 4.69) is 65.2 Å². The SMILES string of the molecule is CC(C)N=c1cccccc1[N]([Al])C(C)C. The first-order valence-corrected chi connectivity index (χ1v) is 6.21. The molecule has 0 amide bonds. The number of nitrogens with zero attached hydrogens (tertiary/aromatic N) is 2. The van der Waals surface area contributed by atoms with Gasteiger partial charge in [0.2, 0.25) is 0 Å². The summed E-state index contributed by atoms with van der Waals surface area (Å²) in [6, 6.07) is 11.0. The molecule has 0 unspecified atom stereocenters. The zero-order valence-corrected chi connectivity index (χ0v) is 11.7. The Labute approximate surface area is 107 Å². The highest BCUT2D eigenvalue weighted by atomic mass is 27.1. The predicted octanol–water partition coefficient (Wildman–Crippen LogP) is 2.29. The fraction of sp³-hybridized carbons (Fsp3) is 0.462. The molecule has 2 radical (unpaired) electrons. The van der Waals surface area contributed by atoms with Crippen LogP contribution in [0.1, 0.15) is 27.7 Å². The lowest BCUT2D eigenvalue weighted by molar-refractivity contribution is 0.791. The highest BCUT2D eigenvalue weighted by molar-refractivity contribution is 6.18. The second-order valence-electron chi connectivity index (χ2n) is 4.41. The summed E-state index contributed by atoms with van der Waals surface area (Å²) in [5, 5.41) is 1.05. The van der Waals surface area contributed by atoms with Gasteiger partial charge in [-0.05, 0) is 45.9 Å². The van der Waals surface area contributed by atoms with Gasteiger partial charge in [-0.15, -0.1) is 0 Å². The lowest BCUT2D eigenvalue weighted by Crippen LogP contribution is -2.31. The van der Waals surface area contributed by atoms with Crippen molar-refractivity contribution >= 4 is 22.2 Å². The summed E-state index contributed by atoms with van der Waals surface area (Å²) in [6.45, 7) is 8.52. The van der Waals surface area contributed by atoms with Gasteiger partial charge in [0.05, 0.1) is 5.36 Å². The van der Waals surface area contributed by atoms with Crippen LogP contribution >= 0.6 is 0 Å². The van der Waals surface area contributed by atoms with Crippen molar-refractivity contribution in [2.75, 3.05) is 3.88 Å². The Balaban J connectivity index is 3.33. The normalized spacial score (nSPS) is 12.2. The summed E-state index contributed by atoms with van der Waals surface area (Å²) in [5.74, 6) is 0. The van der Waals surface area contributed by atoms with Crippen LogP contribution in [0.5, 0.6) is 0 Å². The molecule has 0 atom stereocenters. The molecule has 0 saturated heterocycles. The number of hydrogen-bond donors (Lipinski definition) is 0. The first-order valence-electron chi connectivity index (χ1n) is 5.69.